The highest BCUT2D eigenvalue weighted by molar-refractivity contribution is 5.92. The highest BCUT2D eigenvalue weighted by atomic mass is 16.6. The van der Waals surface area contributed by atoms with Crippen LogP contribution in [0.2, 0.25) is 0 Å². The quantitative estimate of drug-likeness (QED) is 0.543. The maximum atomic E-state index is 12.6. The van der Waals surface area contributed by atoms with Gasteiger partial charge in [0.2, 0.25) is 5.91 Å². The summed E-state index contributed by atoms with van der Waals surface area (Å²) >= 11 is 0. The van der Waals surface area contributed by atoms with Gasteiger partial charge in [-0.15, -0.1) is 0 Å². The second-order valence-corrected chi connectivity index (χ2v) is 8.20. The molecule has 0 aromatic heterocycles. The van der Waals surface area contributed by atoms with Crippen LogP contribution in [0.25, 0.3) is 6.08 Å². The molecule has 0 spiro atoms. The molecule has 3 rings (SSSR count). The largest absolute Gasteiger partial charge is 0.479 e. The average molecular weight is 430 g/mol. The second kappa shape index (κ2) is 11.1. The molecular formula is C23H31N3O5. The van der Waals surface area contributed by atoms with Crippen LogP contribution in [0.4, 0.5) is 0 Å². The summed E-state index contributed by atoms with van der Waals surface area (Å²) in [5.74, 6) is -1.24. The van der Waals surface area contributed by atoms with Gasteiger partial charge in [-0.25, -0.2) is 4.79 Å². The zero-order valence-electron chi connectivity index (χ0n) is 17.9. The monoisotopic (exact) mass is 429 g/mol. The lowest BCUT2D eigenvalue weighted by Gasteiger charge is -2.34. The van der Waals surface area contributed by atoms with E-state index >= 15 is 0 Å². The first-order valence-electron chi connectivity index (χ1n) is 10.8. The molecule has 2 amide bonds. The van der Waals surface area contributed by atoms with Crippen molar-refractivity contribution in [3.63, 3.8) is 0 Å². The fraction of sp³-hybridized carbons (Fsp3) is 0.522. The Bertz CT molecular complexity index is 790. The number of nitrogens with one attached hydrogen (secondary N) is 1. The molecule has 2 fully saturated rings. The normalized spacial score (nSPS) is 22.3. The highest BCUT2D eigenvalue weighted by Gasteiger charge is 2.50. The van der Waals surface area contributed by atoms with Gasteiger partial charge in [0.05, 0.1) is 0 Å². The minimum Gasteiger partial charge on any atom is -0.479 e. The molecule has 8 nitrogen and oxygen atoms in total. The van der Waals surface area contributed by atoms with Crippen molar-refractivity contribution >= 4 is 23.9 Å². The van der Waals surface area contributed by atoms with Crippen molar-refractivity contribution in [1.29, 1.82) is 0 Å². The van der Waals surface area contributed by atoms with Crippen LogP contribution in [-0.2, 0) is 19.1 Å². The Labute approximate surface area is 182 Å². The van der Waals surface area contributed by atoms with Gasteiger partial charge in [-0.3, -0.25) is 14.5 Å². The number of amides is 2. The number of carboxylic acids is 1. The number of benzene rings is 1. The van der Waals surface area contributed by atoms with Crippen molar-refractivity contribution in [1.82, 2.24) is 15.1 Å². The van der Waals surface area contributed by atoms with E-state index in [2.05, 4.69) is 34.5 Å². The molecule has 8 heteroatoms. The number of epoxide rings is 1. The molecule has 0 radical (unpaired) electrons. The first-order chi connectivity index (χ1) is 14.9. The minimum atomic E-state index is -1.12. The van der Waals surface area contributed by atoms with Crippen molar-refractivity contribution < 1.29 is 24.2 Å². The maximum Gasteiger partial charge on any atom is 0.336 e. The van der Waals surface area contributed by atoms with Crippen LogP contribution in [0.5, 0.6) is 0 Å². The Hall–Kier alpha value is -2.71. The van der Waals surface area contributed by atoms with E-state index in [0.717, 1.165) is 32.7 Å². The van der Waals surface area contributed by atoms with Crippen LogP contribution in [0.1, 0.15) is 25.3 Å². The van der Waals surface area contributed by atoms with E-state index in [0.29, 0.717) is 19.4 Å². The fourth-order valence-electron chi connectivity index (χ4n) is 3.65. The van der Waals surface area contributed by atoms with Crippen molar-refractivity contribution in [3.05, 3.63) is 42.0 Å². The molecule has 0 saturated carbocycles. The number of carbonyl (C=O) groups is 3. The molecule has 168 valence electrons. The van der Waals surface area contributed by atoms with E-state index in [-0.39, 0.29) is 11.8 Å². The Morgan fingerprint density at radius 2 is 1.87 bits per heavy atom. The van der Waals surface area contributed by atoms with E-state index in [1.54, 1.807) is 0 Å². The summed E-state index contributed by atoms with van der Waals surface area (Å²) in [7, 11) is 0. The lowest BCUT2D eigenvalue weighted by molar-refractivity contribution is -0.138. The Kier molecular flexibility index (Phi) is 8.20. The number of aliphatic carboxylic acids is 1. The Balaban J connectivity index is 1.28. The third-order valence-corrected chi connectivity index (χ3v) is 5.65. The third kappa shape index (κ3) is 7.18. The predicted molar refractivity (Wildman–Crippen MR) is 116 cm³/mol. The molecule has 3 unspecified atom stereocenters. The summed E-state index contributed by atoms with van der Waals surface area (Å²) in [4.78, 5) is 39.3. The third-order valence-electron chi connectivity index (χ3n) is 5.65. The Morgan fingerprint density at radius 1 is 1.16 bits per heavy atom. The van der Waals surface area contributed by atoms with E-state index < -0.39 is 24.1 Å². The summed E-state index contributed by atoms with van der Waals surface area (Å²) < 4.78 is 4.82. The molecule has 2 heterocycles. The van der Waals surface area contributed by atoms with Crippen LogP contribution < -0.4 is 5.32 Å². The van der Waals surface area contributed by atoms with Crippen LogP contribution in [0.3, 0.4) is 0 Å². The molecule has 2 N–H and O–H groups in total. The molecule has 2 saturated heterocycles. The van der Waals surface area contributed by atoms with Crippen LogP contribution >= 0.6 is 0 Å². The molecule has 3 atom stereocenters. The van der Waals surface area contributed by atoms with Crippen molar-refractivity contribution in [3.8, 4) is 0 Å². The fourth-order valence-corrected chi connectivity index (χ4v) is 3.65. The highest BCUT2D eigenvalue weighted by Crippen LogP contribution is 2.22. The number of hydrogen-bond acceptors (Lipinski definition) is 5. The summed E-state index contributed by atoms with van der Waals surface area (Å²) in [6.07, 6.45) is 3.48. The van der Waals surface area contributed by atoms with Gasteiger partial charge < -0.3 is 20.1 Å². The van der Waals surface area contributed by atoms with E-state index in [1.807, 2.05) is 30.0 Å². The number of rotatable bonds is 10. The molecule has 2 aliphatic rings. The van der Waals surface area contributed by atoms with E-state index in [4.69, 9.17) is 9.84 Å². The van der Waals surface area contributed by atoms with Crippen molar-refractivity contribution in [2.75, 3.05) is 39.3 Å². The maximum absolute atomic E-state index is 12.6. The summed E-state index contributed by atoms with van der Waals surface area (Å²) in [6.45, 7) is 6.46. The minimum absolute atomic E-state index is 0.134. The molecule has 2 aliphatic heterocycles. The molecule has 0 bridgehead atoms. The summed E-state index contributed by atoms with van der Waals surface area (Å²) in [6, 6.07) is 10.2. The Morgan fingerprint density at radius 3 is 2.52 bits per heavy atom. The van der Waals surface area contributed by atoms with E-state index in [1.165, 1.54) is 5.56 Å². The van der Waals surface area contributed by atoms with Gasteiger partial charge in [-0.2, -0.15) is 0 Å². The number of hydrogen-bond donors (Lipinski definition) is 2. The van der Waals surface area contributed by atoms with Crippen LogP contribution in [0, 0.1) is 5.92 Å². The molecule has 0 aliphatic carbocycles. The topological polar surface area (TPSA) is 102 Å². The number of carbonyl (C=O) groups excluding carboxylic acids is 2. The molecule has 31 heavy (non-hydrogen) atoms. The lowest BCUT2D eigenvalue weighted by Crippen LogP contribution is -2.48. The number of carboxylic acid groups (broad SMARTS) is 1. The summed E-state index contributed by atoms with van der Waals surface area (Å²) in [5, 5.41) is 11.4. The van der Waals surface area contributed by atoms with Gasteiger partial charge in [0.1, 0.15) is 0 Å². The van der Waals surface area contributed by atoms with Gasteiger partial charge in [-0.1, -0.05) is 49.4 Å². The van der Waals surface area contributed by atoms with Crippen molar-refractivity contribution in [2.45, 2.75) is 32.0 Å². The smallest absolute Gasteiger partial charge is 0.336 e. The predicted octanol–water partition coefficient (Wildman–Crippen LogP) is 1.23. The van der Waals surface area contributed by atoms with Gasteiger partial charge in [0.15, 0.2) is 12.2 Å². The molecule has 1 aromatic rings. The SMILES string of the molecule is CC(CCNC(=O)C1OC1C(=O)O)CC(=O)N1CCN(C/C=C/c2ccccc2)CC1. The lowest BCUT2D eigenvalue weighted by atomic mass is 10.0. The van der Waals surface area contributed by atoms with Crippen LogP contribution in [0.15, 0.2) is 36.4 Å². The molecule has 1 aromatic carbocycles. The first kappa shape index (κ1) is 23.0. The van der Waals surface area contributed by atoms with Gasteiger partial charge >= 0.3 is 5.97 Å². The zero-order chi connectivity index (χ0) is 22.2. The van der Waals surface area contributed by atoms with Gasteiger partial charge in [-0.05, 0) is 17.9 Å². The van der Waals surface area contributed by atoms with Gasteiger partial charge in [0, 0.05) is 45.7 Å². The second-order valence-electron chi connectivity index (χ2n) is 8.20. The molecular weight excluding hydrogens is 398 g/mol. The van der Waals surface area contributed by atoms with Crippen LogP contribution in [-0.4, -0.2) is 84.2 Å². The summed E-state index contributed by atoms with van der Waals surface area (Å²) in [5.41, 5.74) is 1.19. The average Bonchev–Trinajstić information content (AvgIpc) is 3.56. The first-order valence-corrected chi connectivity index (χ1v) is 10.8. The number of piperazine rings is 1. The zero-order valence-corrected chi connectivity index (χ0v) is 17.9. The van der Waals surface area contributed by atoms with Gasteiger partial charge in [0.25, 0.3) is 5.91 Å². The number of nitrogens with zero attached hydrogens (tertiary/aromatic N) is 2. The number of ether oxygens (including phenoxy) is 1. The van der Waals surface area contributed by atoms with Crippen molar-refractivity contribution in [2.24, 2.45) is 5.92 Å². The van der Waals surface area contributed by atoms with E-state index in [9.17, 15) is 14.4 Å². The standard InChI is InChI=1S/C23H31N3O5/c1-17(9-10-24-22(28)20-21(31-20)23(29)30)16-19(27)26-14-12-25(13-15-26)11-5-8-18-6-3-2-4-7-18/h2-8,17,20-21H,9-16H2,1H3,(H,24,28)(H,29,30)/b8-5+.